The minimum Gasteiger partial charge on any atom is -0.465 e. The molecular formula is C24H15FO7. The summed E-state index contributed by atoms with van der Waals surface area (Å²) in [6.45, 7) is 0. The smallest absolute Gasteiger partial charge is 0.346 e. The van der Waals surface area contributed by atoms with E-state index in [4.69, 9.17) is 13.9 Å². The van der Waals surface area contributed by atoms with Gasteiger partial charge in [0, 0.05) is 6.07 Å². The second kappa shape index (κ2) is 8.73. The molecule has 0 saturated carbocycles. The maximum Gasteiger partial charge on any atom is 0.346 e. The molecule has 0 amide bonds. The molecule has 4 rings (SSSR count). The molecule has 0 spiro atoms. The summed E-state index contributed by atoms with van der Waals surface area (Å²) in [6.07, 6.45) is 1.13. The molecule has 8 heteroatoms. The number of fused-ring (bicyclic) bond motifs is 1. The van der Waals surface area contributed by atoms with Crippen molar-refractivity contribution in [2.45, 2.75) is 0 Å². The van der Waals surface area contributed by atoms with Crippen LogP contribution in [-0.2, 0) is 4.74 Å². The molecule has 0 unspecified atom stereocenters. The third kappa shape index (κ3) is 4.20. The van der Waals surface area contributed by atoms with Crippen molar-refractivity contribution in [2.24, 2.45) is 0 Å². The molecule has 7 nitrogen and oxygen atoms in total. The van der Waals surface area contributed by atoms with Gasteiger partial charge < -0.3 is 18.6 Å². The van der Waals surface area contributed by atoms with Gasteiger partial charge in [-0.05, 0) is 48.5 Å². The standard InChI is InChI=1S/C24H15FO7/c1-29-23(27)14-6-8-15(9-7-14)31-21-13-30-20-12-16(10-11-18(20)22(21)26)32-24(28)17-4-2-3-5-19(17)25/h2-13H,1H3. The second-order valence-electron chi connectivity index (χ2n) is 6.57. The second-order valence-corrected chi connectivity index (χ2v) is 6.57. The van der Waals surface area contributed by atoms with E-state index in [1.807, 2.05) is 0 Å². The van der Waals surface area contributed by atoms with Crippen LogP contribution >= 0.6 is 0 Å². The van der Waals surface area contributed by atoms with Crippen LogP contribution < -0.4 is 14.9 Å². The van der Waals surface area contributed by atoms with Crippen LogP contribution in [-0.4, -0.2) is 19.0 Å². The molecule has 0 radical (unpaired) electrons. The predicted molar refractivity (Wildman–Crippen MR) is 112 cm³/mol. The summed E-state index contributed by atoms with van der Waals surface area (Å²) in [5, 5.41) is 0.194. The highest BCUT2D eigenvalue weighted by Crippen LogP contribution is 2.25. The van der Waals surface area contributed by atoms with Gasteiger partial charge in [0.25, 0.3) is 0 Å². The molecular weight excluding hydrogens is 419 g/mol. The summed E-state index contributed by atoms with van der Waals surface area (Å²) in [5.41, 5.74) is -0.170. The number of hydrogen-bond donors (Lipinski definition) is 0. The number of esters is 2. The minimum atomic E-state index is -0.875. The number of methoxy groups -OCH3 is 1. The zero-order chi connectivity index (χ0) is 22.7. The number of hydrogen-bond acceptors (Lipinski definition) is 7. The fourth-order valence-corrected chi connectivity index (χ4v) is 2.92. The van der Waals surface area contributed by atoms with E-state index in [2.05, 4.69) is 4.74 Å². The largest absolute Gasteiger partial charge is 0.465 e. The van der Waals surface area contributed by atoms with Crippen LogP contribution in [0.25, 0.3) is 11.0 Å². The molecule has 160 valence electrons. The van der Waals surface area contributed by atoms with Crippen LogP contribution in [0.5, 0.6) is 17.2 Å². The lowest BCUT2D eigenvalue weighted by molar-refractivity contribution is 0.0600. The Morgan fingerprint density at radius 3 is 2.34 bits per heavy atom. The maximum atomic E-state index is 13.8. The Labute approximate surface area is 180 Å². The molecule has 1 aromatic heterocycles. The Morgan fingerprint density at radius 1 is 0.906 bits per heavy atom. The van der Waals surface area contributed by atoms with Crippen LogP contribution in [0.2, 0.25) is 0 Å². The van der Waals surface area contributed by atoms with E-state index in [1.165, 1.54) is 67.8 Å². The van der Waals surface area contributed by atoms with Gasteiger partial charge in [-0.2, -0.15) is 0 Å². The fraction of sp³-hybridized carbons (Fsp3) is 0.0417. The van der Waals surface area contributed by atoms with Gasteiger partial charge in [-0.25, -0.2) is 14.0 Å². The molecule has 32 heavy (non-hydrogen) atoms. The molecule has 0 fully saturated rings. The lowest BCUT2D eigenvalue weighted by Gasteiger charge is -2.08. The van der Waals surface area contributed by atoms with Crippen molar-refractivity contribution in [3.63, 3.8) is 0 Å². The molecule has 1 heterocycles. The first kappa shape index (κ1) is 20.8. The Hall–Kier alpha value is -4.46. The van der Waals surface area contributed by atoms with Crippen molar-refractivity contribution in [2.75, 3.05) is 7.11 Å². The first-order valence-electron chi connectivity index (χ1n) is 9.35. The van der Waals surface area contributed by atoms with Gasteiger partial charge in [-0.15, -0.1) is 0 Å². The van der Waals surface area contributed by atoms with Gasteiger partial charge in [-0.3, -0.25) is 4.79 Å². The van der Waals surface area contributed by atoms with Crippen LogP contribution in [0.1, 0.15) is 20.7 Å². The van der Waals surface area contributed by atoms with Crippen molar-refractivity contribution in [3.05, 3.63) is 100 Å². The zero-order valence-electron chi connectivity index (χ0n) is 16.7. The van der Waals surface area contributed by atoms with Crippen molar-refractivity contribution in [3.8, 4) is 17.2 Å². The van der Waals surface area contributed by atoms with E-state index in [0.717, 1.165) is 12.3 Å². The van der Waals surface area contributed by atoms with Crippen molar-refractivity contribution in [1.29, 1.82) is 0 Å². The van der Waals surface area contributed by atoms with Crippen LogP contribution in [0.4, 0.5) is 4.39 Å². The van der Waals surface area contributed by atoms with E-state index in [0.29, 0.717) is 11.3 Å². The molecule has 0 aliphatic rings. The van der Waals surface area contributed by atoms with Gasteiger partial charge in [0.1, 0.15) is 29.2 Å². The minimum absolute atomic E-state index is 0.0700. The average molecular weight is 434 g/mol. The Balaban J connectivity index is 1.56. The average Bonchev–Trinajstić information content (AvgIpc) is 2.81. The molecule has 0 saturated heterocycles. The van der Waals surface area contributed by atoms with Gasteiger partial charge >= 0.3 is 11.9 Å². The van der Waals surface area contributed by atoms with Gasteiger partial charge in [-0.1, -0.05) is 12.1 Å². The van der Waals surface area contributed by atoms with Crippen molar-refractivity contribution >= 4 is 22.9 Å². The third-order valence-corrected chi connectivity index (χ3v) is 4.52. The number of benzene rings is 3. The lowest BCUT2D eigenvalue weighted by Crippen LogP contribution is -2.11. The van der Waals surface area contributed by atoms with Gasteiger partial charge in [0.15, 0.2) is 0 Å². The van der Waals surface area contributed by atoms with Crippen molar-refractivity contribution < 1.29 is 32.6 Å². The molecule has 0 aliphatic carbocycles. The summed E-state index contributed by atoms with van der Waals surface area (Å²) in [6, 6.07) is 15.6. The first-order chi connectivity index (χ1) is 15.5. The number of rotatable bonds is 5. The lowest BCUT2D eigenvalue weighted by atomic mass is 10.2. The number of halogens is 1. The van der Waals surface area contributed by atoms with Crippen LogP contribution in [0, 0.1) is 5.82 Å². The summed E-state index contributed by atoms with van der Waals surface area (Å²) in [5.74, 6) is -1.74. The highest BCUT2D eigenvalue weighted by molar-refractivity contribution is 5.92. The van der Waals surface area contributed by atoms with Crippen LogP contribution in [0.15, 0.2) is 82.2 Å². The van der Waals surface area contributed by atoms with Gasteiger partial charge in [0.2, 0.25) is 11.2 Å². The van der Waals surface area contributed by atoms with Crippen molar-refractivity contribution in [1.82, 2.24) is 0 Å². The monoisotopic (exact) mass is 434 g/mol. The van der Waals surface area contributed by atoms with Gasteiger partial charge in [0.05, 0.1) is 23.6 Å². The summed E-state index contributed by atoms with van der Waals surface area (Å²) >= 11 is 0. The predicted octanol–water partition coefficient (Wildman–Crippen LogP) is 4.73. The number of carbonyl (C=O) groups excluding carboxylic acids is 2. The van der Waals surface area contributed by atoms with Crippen LogP contribution in [0.3, 0.4) is 0 Å². The van der Waals surface area contributed by atoms with E-state index in [9.17, 15) is 18.8 Å². The van der Waals surface area contributed by atoms with E-state index in [-0.39, 0.29) is 28.0 Å². The Bertz CT molecular complexity index is 1370. The summed E-state index contributed by atoms with van der Waals surface area (Å²) in [4.78, 5) is 36.4. The molecule has 3 aromatic carbocycles. The maximum absolute atomic E-state index is 13.8. The molecule has 0 atom stereocenters. The molecule has 0 N–H and O–H groups in total. The normalized spacial score (nSPS) is 10.6. The number of carbonyl (C=O) groups is 2. The fourth-order valence-electron chi connectivity index (χ4n) is 2.92. The quantitative estimate of drug-likeness (QED) is 0.331. The van der Waals surface area contributed by atoms with E-state index in [1.54, 1.807) is 0 Å². The third-order valence-electron chi connectivity index (χ3n) is 4.52. The number of ether oxygens (including phenoxy) is 3. The Kier molecular flexibility index (Phi) is 5.67. The highest BCUT2D eigenvalue weighted by Gasteiger charge is 2.15. The first-order valence-corrected chi connectivity index (χ1v) is 9.35. The zero-order valence-corrected chi connectivity index (χ0v) is 16.7. The highest BCUT2D eigenvalue weighted by atomic mass is 19.1. The Morgan fingerprint density at radius 2 is 1.62 bits per heavy atom. The molecule has 0 bridgehead atoms. The van der Waals surface area contributed by atoms with E-state index >= 15 is 0 Å². The topological polar surface area (TPSA) is 92.0 Å². The summed E-state index contributed by atoms with van der Waals surface area (Å²) in [7, 11) is 1.28. The van der Waals surface area contributed by atoms with E-state index < -0.39 is 23.2 Å². The SMILES string of the molecule is COC(=O)c1ccc(Oc2coc3cc(OC(=O)c4ccccc4F)ccc3c2=O)cc1. The summed E-state index contributed by atoms with van der Waals surface area (Å²) < 4.78 is 34.6. The molecule has 4 aromatic rings. The molecule has 0 aliphatic heterocycles.